The van der Waals surface area contributed by atoms with E-state index in [9.17, 15) is 5.11 Å². The Morgan fingerprint density at radius 2 is 1.89 bits per heavy atom. The molecule has 1 atom stereocenters. The zero-order valence-corrected chi connectivity index (χ0v) is 16.8. The average molecular weight is 383 g/mol. The Hall–Kier alpha value is -2.41. The summed E-state index contributed by atoms with van der Waals surface area (Å²) in [6, 6.07) is 15.6. The van der Waals surface area contributed by atoms with Crippen LogP contribution in [0, 0.1) is 5.41 Å². The number of hydrogen-bond donors (Lipinski definition) is 2. The number of ether oxygens (including phenoxy) is 2. The maximum Gasteiger partial charge on any atom is 0.147 e. The Morgan fingerprint density at radius 3 is 2.57 bits per heavy atom. The topological polar surface area (TPSA) is 82.5 Å². The molecule has 0 aliphatic carbocycles. The number of nitrogens with zero attached hydrogens (tertiary/aromatic N) is 2. The van der Waals surface area contributed by atoms with Crippen molar-refractivity contribution in [2.24, 2.45) is 11.1 Å². The Labute approximate surface area is 165 Å². The fourth-order valence-corrected chi connectivity index (χ4v) is 3.26. The fourth-order valence-electron chi connectivity index (χ4n) is 3.26. The molecule has 0 fully saturated rings. The van der Waals surface area contributed by atoms with Crippen LogP contribution in [0.15, 0.2) is 48.5 Å². The SMILES string of the molecule is COCC(C)(C)C(N)Cn1nc2c(OCc3ccccc3)cccc2c1CO. The number of fused-ring (bicyclic) bond motifs is 1. The Balaban J connectivity index is 1.88. The minimum absolute atomic E-state index is 0.115. The van der Waals surface area contributed by atoms with Gasteiger partial charge >= 0.3 is 0 Å². The number of aliphatic hydroxyl groups excluding tert-OH is 1. The lowest BCUT2D eigenvalue weighted by molar-refractivity contribution is 0.0791. The quantitative estimate of drug-likeness (QED) is 0.593. The van der Waals surface area contributed by atoms with E-state index in [4.69, 9.17) is 20.3 Å². The molecule has 0 spiro atoms. The summed E-state index contributed by atoms with van der Waals surface area (Å²) in [5, 5.41) is 15.6. The highest BCUT2D eigenvalue weighted by molar-refractivity contribution is 5.87. The molecule has 0 aliphatic heterocycles. The second-order valence-corrected chi connectivity index (χ2v) is 7.74. The van der Waals surface area contributed by atoms with E-state index >= 15 is 0 Å². The maximum atomic E-state index is 9.96. The smallest absolute Gasteiger partial charge is 0.147 e. The van der Waals surface area contributed by atoms with Crippen LogP contribution in [0.3, 0.4) is 0 Å². The van der Waals surface area contributed by atoms with Gasteiger partial charge in [-0.1, -0.05) is 56.3 Å². The van der Waals surface area contributed by atoms with E-state index in [1.165, 1.54) is 0 Å². The molecule has 3 N–H and O–H groups in total. The van der Waals surface area contributed by atoms with Gasteiger partial charge in [-0.25, -0.2) is 0 Å². The predicted octanol–water partition coefficient (Wildman–Crippen LogP) is 3.11. The van der Waals surface area contributed by atoms with Crippen LogP contribution in [0.5, 0.6) is 5.75 Å². The largest absolute Gasteiger partial charge is 0.487 e. The first-order valence-electron chi connectivity index (χ1n) is 9.47. The minimum atomic E-state index is -0.216. The highest BCUT2D eigenvalue weighted by Crippen LogP contribution is 2.29. The molecular weight excluding hydrogens is 354 g/mol. The molecule has 1 unspecified atom stereocenters. The third-order valence-corrected chi connectivity index (χ3v) is 5.12. The molecule has 6 heteroatoms. The van der Waals surface area contributed by atoms with Gasteiger partial charge in [0.1, 0.15) is 17.9 Å². The van der Waals surface area contributed by atoms with E-state index in [1.807, 2.05) is 48.5 Å². The van der Waals surface area contributed by atoms with Gasteiger partial charge in [0.05, 0.1) is 25.5 Å². The number of rotatable bonds is 9. The van der Waals surface area contributed by atoms with Crippen molar-refractivity contribution in [1.82, 2.24) is 9.78 Å². The summed E-state index contributed by atoms with van der Waals surface area (Å²) in [4.78, 5) is 0. The van der Waals surface area contributed by atoms with Crippen LogP contribution in [0.2, 0.25) is 0 Å². The molecule has 3 aromatic rings. The first kappa shape index (κ1) is 20.3. The predicted molar refractivity (Wildman–Crippen MR) is 110 cm³/mol. The van der Waals surface area contributed by atoms with Crippen molar-refractivity contribution >= 4 is 10.9 Å². The Morgan fingerprint density at radius 1 is 1.14 bits per heavy atom. The minimum Gasteiger partial charge on any atom is -0.487 e. The van der Waals surface area contributed by atoms with Gasteiger partial charge in [-0.05, 0) is 11.6 Å². The van der Waals surface area contributed by atoms with E-state index in [0.717, 1.165) is 22.2 Å². The van der Waals surface area contributed by atoms with Gasteiger partial charge in [0.2, 0.25) is 0 Å². The number of benzene rings is 2. The van der Waals surface area contributed by atoms with Crippen molar-refractivity contribution < 1.29 is 14.6 Å². The fraction of sp³-hybridized carbons (Fsp3) is 0.409. The number of aliphatic hydroxyl groups is 1. The molecule has 1 aromatic heterocycles. The van der Waals surface area contributed by atoms with Crippen LogP contribution in [0.4, 0.5) is 0 Å². The van der Waals surface area contributed by atoms with Crippen molar-refractivity contribution in [3.8, 4) is 5.75 Å². The summed E-state index contributed by atoms with van der Waals surface area (Å²) in [5.41, 5.74) is 8.78. The summed E-state index contributed by atoms with van der Waals surface area (Å²) < 4.78 is 13.1. The monoisotopic (exact) mass is 383 g/mol. The van der Waals surface area contributed by atoms with Crippen LogP contribution in [-0.4, -0.2) is 34.6 Å². The molecule has 0 saturated heterocycles. The lowest BCUT2D eigenvalue weighted by atomic mass is 9.86. The first-order valence-corrected chi connectivity index (χ1v) is 9.47. The molecule has 0 amide bonds. The van der Waals surface area contributed by atoms with Gasteiger partial charge in [0, 0.05) is 24.0 Å². The van der Waals surface area contributed by atoms with E-state index in [0.29, 0.717) is 25.5 Å². The van der Waals surface area contributed by atoms with Gasteiger partial charge in [0.25, 0.3) is 0 Å². The van der Waals surface area contributed by atoms with Crippen LogP contribution in [0.1, 0.15) is 25.1 Å². The third-order valence-electron chi connectivity index (χ3n) is 5.12. The highest BCUT2D eigenvalue weighted by Gasteiger charge is 2.28. The average Bonchev–Trinajstić information content (AvgIpc) is 3.04. The van der Waals surface area contributed by atoms with Gasteiger partial charge < -0.3 is 20.3 Å². The van der Waals surface area contributed by atoms with Crippen LogP contribution >= 0.6 is 0 Å². The molecule has 0 aliphatic rings. The molecule has 6 nitrogen and oxygen atoms in total. The summed E-state index contributed by atoms with van der Waals surface area (Å²) in [7, 11) is 1.67. The molecule has 150 valence electrons. The van der Waals surface area contributed by atoms with Crippen molar-refractivity contribution in [3.05, 3.63) is 59.8 Å². The number of nitrogens with two attached hydrogens (primary N) is 1. The van der Waals surface area contributed by atoms with Crippen molar-refractivity contribution in [1.29, 1.82) is 0 Å². The summed E-state index contributed by atoms with van der Waals surface area (Å²) in [5.74, 6) is 0.694. The first-order chi connectivity index (χ1) is 13.5. The summed E-state index contributed by atoms with van der Waals surface area (Å²) in [6.45, 7) is 5.51. The van der Waals surface area contributed by atoms with E-state index < -0.39 is 0 Å². The normalized spacial score (nSPS) is 13.0. The number of methoxy groups -OCH3 is 1. The second kappa shape index (κ2) is 8.73. The van der Waals surface area contributed by atoms with Crippen LogP contribution in [-0.2, 0) is 24.5 Å². The standard InChI is InChI=1S/C22H29N3O3/c1-22(2,15-27-3)20(23)12-25-18(13-26)17-10-7-11-19(21(17)24-25)28-14-16-8-5-4-6-9-16/h4-11,20,26H,12-15,23H2,1-3H3. The summed E-state index contributed by atoms with van der Waals surface area (Å²) >= 11 is 0. The maximum absolute atomic E-state index is 9.96. The number of hydrogen-bond acceptors (Lipinski definition) is 5. The van der Waals surface area contributed by atoms with Gasteiger partial charge in [-0.3, -0.25) is 4.68 Å². The van der Waals surface area contributed by atoms with Crippen LogP contribution in [0.25, 0.3) is 10.9 Å². The van der Waals surface area contributed by atoms with E-state index in [2.05, 4.69) is 13.8 Å². The molecule has 2 aromatic carbocycles. The van der Waals surface area contributed by atoms with Gasteiger partial charge in [0.15, 0.2) is 0 Å². The summed E-state index contributed by atoms with van der Waals surface area (Å²) in [6.07, 6.45) is 0. The molecule has 0 saturated carbocycles. The lowest BCUT2D eigenvalue weighted by Gasteiger charge is -2.31. The lowest BCUT2D eigenvalue weighted by Crippen LogP contribution is -2.44. The zero-order chi connectivity index (χ0) is 20.1. The third kappa shape index (κ3) is 4.35. The van der Waals surface area contributed by atoms with Crippen LogP contribution < -0.4 is 10.5 Å². The molecular formula is C22H29N3O3. The Bertz CT molecular complexity index is 906. The zero-order valence-electron chi connectivity index (χ0n) is 16.8. The molecule has 28 heavy (non-hydrogen) atoms. The van der Waals surface area contributed by atoms with Gasteiger partial charge in [-0.15, -0.1) is 0 Å². The van der Waals surface area contributed by atoms with E-state index in [1.54, 1.807) is 11.8 Å². The molecule has 0 bridgehead atoms. The number of aromatic nitrogens is 2. The van der Waals surface area contributed by atoms with Crippen molar-refractivity contribution in [2.75, 3.05) is 13.7 Å². The molecule has 1 heterocycles. The highest BCUT2D eigenvalue weighted by atomic mass is 16.5. The van der Waals surface area contributed by atoms with Crippen molar-refractivity contribution in [3.63, 3.8) is 0 Å². The molecule has 3 rings (SSSR count). The Kier molecular flexibility index (Phi) is 6.34. The van der Waals surface area contributed by atoms with E-state index in [-0.39, 0.29) is 18.1 Å². The molecule has 0 radical (unpaired) electrons. The van der Waals surface area contributed by atoms with Crippen molar-refractivity contribution in [2.45, 2.75) is 39.6 Å². The second-order valence-electron chi connectivity index (χ2n) is 7.74. The van der Waals surface area contributed by atoms with Gasteiger partial charge in [-0.2, -0.15) is 5.10 Å².